The van der Waals surface area contributed by atoms with E-state index in [2.05, 4.69) is 45.6 Å². The molecule has 26 heavy (non-hydrogen) atoms. The van der Waals surface area contributed by atoms with Gasteiger partial charge in [-0.25, -0.2) is 9.97 Å². The van der Waals surface area contributed by atoms with Gasteiger partial charge in [-0.3, -0.25) is 5.43 Å². The normalized spacial score (nSPS) is 11.1. The lowest BCUT2D eigenvalue weighted by Crippen LogP contribution is -2.03. The van der Waals surface area contributed by atoms with Gasteiger partial charge in [0, 0.05) is 11.6 Å². The van der Waals surface area contributed by atoms with E-state index in [1.54, 1.807) is 12.1 Å². The second-order valence-corrected chi connectivity index (χ2v) is 6.02. The van der Waals surface area contributed by atoms with Crippen molar-refractivity contribution >= 4 is 11.5 Å². The molecule has 0 bridgehead atoms. The van der Waals surface area contributed by atoms with Crippen LogP contribution in [-0.4, -0.2) is 15.7 Å². The minimum Gasteiger partial charge on any atom is -0.261 e. The van der Waals surface area contributed by atoms with Crippen molar-refractivity contribution in [1.29, 1.82) is 5.26 Å². The molecule has 3 aromatic rings. The molecule has 0 amide bonds. The smallest absolute Gasteiger partial charge is 0.150 e. The SMILES string of the molecule is C/C(=N\Nc1cc(-c2ccccc2C#N)nc(C)n1)c1ccc(C)cc1. The highest BCUT2D eigenvalue weighted by Crippen LogP contribution is 2.23. The van der Waals surface area contributed by atoms with Gasteiger partial charge in [-0.1, -0.05) is 48.0 Å². The Morgan fingerprint density at radius 1 is 1.04 bits per heavy atom. The van der Waals surface area contributed by atoms with Crippen LogP contribution in [-0.2, 0) is 0 Å². The van der Waals surface area contributed by atoms with E-state index >= 15 is 0 Å². The van der Waals surface area contributed by atoms with Crippen LogP contribution in [0.25, 0.3) is 11.3 Å². The second-order valence-electron chi connectivity index (χ2n) is 6.02. The highest BCUT2D eigenvalue weighted by Gasteiger charge is 2.08. The largest absolute Gasteiger partial charge is 0.261 e. The lowest BCUT2D eigenvalue weighted by atomic mass is 10.1. The molecule has 0 spiro atoms. The zero-order valence-corrected chi connectivity index (χ0v) is 15.0. The van der Waals surface area contributed by atoms with Crippen molar-refractivity contribution in [3.63, 3.8) is 0 Å². The molecule has 0 aliphatic carbocycles. The maximum Gasteiger partial charge on any atom is 0.150 e. The molecule has 1 aromatic heterocycles. The number of hydrazone groups is 1. The molecule has 128 valence electrons. The number of hydrogen-bond acceptors (Lipinski definition) is 5. The number of anilines is 1. The summed E-state index contributed by atoms with van der Waals surface area (Å²) in [6.07, 6.45) is 0. The minimum absolute atomic E-state index is 0.580. The summed E-state index contributed by atoms with van der Waals surface area (Å²) < 4.78 is 0. The number of rotatable bonds is 4. The Bertz CT molecular complexity index is 998. The Hall–Kier alpha value is -3.52. The summed E-state index contributed by atoms with van der Waals surface area (Å²) in [5.41, 5.74) is 8.17. The third-order valence-corrected chi connectivity index (χ3v) is 3.97. The Balaban J connectivity index is 1.90. The van der Waals surface area contributed by atoms with E-state index in [9.17, 15) is 5.26 Å². The van der Waals surface area contributed by atoms with Gasteiger partial charge in [0.15, 0.2) is 0 Å². The molecule has 5 nitrogen and oxygen atoms in total. The van der Waals surface area contributed by atoms with E-state index in [-0.39, 0.29) is 0 Å². The summed E-state index contributed by atoms with van der Waals surface area (Å²) in [6, 6.07) is 19.6. The lowest BCUT2D eigenvalue weighted by molar-refractivity contribution is 1.05. The first-order chi connectivity index (χ1) is 12.6. The predicted octanol–water partition coefficient (Wildman–Crippen LogP) is 4.47. The monoisotopic (exact) mass is 341 g/mol. The highest BCUT2D eigenvalue weighted by atomic mass is 15.3. The molecule has 1 heterocycles. The Labute approximate surface area is 153 Å². The molecular weight excluding hydrogens is 322 g/mol. The van der Waals surface area contributed by atoms with Crippen molar-refractivity contribution in [2.75, 3.05) is 5.43 Å². The third kappa shape index (κ3) is 3.93. The van der Waals surface area contributed by atoms with Crippen molar-refractivity contribution in [3.8, 4) is 17.3 Å². The summed E-state index contributed by atoms with van der Waals surface area (Å²) in [7, 11) is 0. The summed E-state index contributed by atoms with van der Waals surface area (Å²) in [4.78, 5) is 8.84. The summed E-state index contributed by atoms with van der Waals surface area (Å²) in [5.74, 6) is 1.20. The van der Waals surface area contributed by atoms with E-state index in [1.165, 1.54) is 5.56 Å². The number of aromatic nitrogens is 2. The van der Waals surface area contributed by atoms with Crippen LogP contribution in [0.15, 0.2) is 59.7 Å². The molecule has 0 unspecified atom stereocenters. The van der Waals surface area contributed by atoms with Crippen molar-refractivity contribution in [1.82, 2.24) is 9.97 Å². The summed E-state index contributed by atoms with van der Waals surface area (Å²) >= 11 is 0. The van der Waals surface area contributed by atoms with Gasteiger partial charge in [-0.15, -0.1) is 0 Å². The lowest BCUT2D eigenvalue weighted by Gasteiger charge is -2.08. The summed E-state index contributed by atoms with van der Waals surface area (Å²) in [6.45, 7) is 5.82. The van der Waals surface area contributed by atoms with Crippen LogP contribution in [0.4, 0.5) is 5.82 Å². The van der Waals surface area contributed by atoms with E-state index in [0.717, 1.165) is 16.8 Å². The topological polar surface area (TPSA) is 74.0 Å². The molecule has 0 aliphatic rings. The number of benzene rings is 2. The number of nitriles is 1. The van der Waals surface area contributed by atoms with Crippen LogP contribution < -0.4 is 5.43 Å². The fourth-order valence-corrected chi connectivity index (χ4v) is 2.57. The number of aryl methyl sites for hydroxylation is 2. The van der Waals surface area contributed by atoms with E-state index in [1.807, 2.05) is 44.2 Å². The number of hydrogen-bond donors (Lipinski definition) is 1. The van der Waals surface area contributed by atoms with Crippen molar-refractivity contribution < 1.29 is 0 Å². The third-order valence-electron chi connectivity index (χ3n) is 3.97. The Morgan fingerprint density at radius 2 is 1.77 bits per heavy atom. The van der Waals surface area contributed by atoms with Gasteiger partial charge in [-0.2, -0.15) is 10.4 Å². The standard InChI is InChI=1S/C21H19N5/c1-14-8-10-17(11-9-14)15(2)25-26-21-12-20(23-16(3)24-21)19-7-5-4-6-18(19)13-22/h4-12H,1-3H3,(H,23,24,26)/b25-15+. The van der Waals surface area contributed by atoms with Gasteiger partial charge < -0.3 is 0 Å². The average molecular weight is 341 g/mol. The van der Waals surface area contributed by atoms with Crippen molar-refractivity contribution in [2.45, 2.75) is 20.8 Å². The zero-order chi connectivity index (χ0) is 18.5. The van der Waals surface area contributed by atoms with Crippen LogP contribution in [0.1, 0.15) is 29.4 Å². The first-order valence-electron chi connectivity index (χ1n) is 8.29. The molecule has 0 radical (unpaired) electrons. The van der Waals surface area contributed by atoms with Gasteiger partial charge in [0.25, 0.3) is 0 Å². The van der Waals surface area contributed by atoms with Crippen molar-refractivity contribution in [2.24, 2.45) is 5.10 Å². The van der Waals surface area contributed by atoms with Crippen LogP contribution in [0.2, 0.25) is 0 Å². The molecule has 2 aromatic carbocycles. The van der Waals surface area contributed by atoms with E-state index in [4.69, 9.17) is 0 Å². The molecule has 0 aliphatic heterocycles. The van der Waals surface area contributed by atoms with Crippen LogP contribution in [0, 0.1) is 25.2 Å². The molecular formula is C21H19N5. The average Bonchev–Trinajstić information content (AvgIpc) is 2.66. The van der Waals surface area contributed by atoms with E-state index in [0.29, 0.717) is 22.9 Å². The Kier molecular flexibility index (Phi) is 5.04. The van der Waals surface area contributed by atoms with Crippen molar-refractivity contribution in [3.05, 3.63) is 77.1 Å². The maximum absolute atomic E-state index is 9.31. The first kappa shape index (κ1) is 17.3. The highest BCUT2D eigenvalue weighted by molar-refractivity contribution is 5.99. The van der Waals surface area contributed by atoms with E-state index < -0.39 is 0 Å². The molecule has 0 saturated carbocycles. The van der Waals surface area contributed by atoms with Gasteiger partial charge in [-0.05, 0) is 32.4 Å². The first-order valence-corrected chi connectivity index (χ1v) is 8.29. The summed E-state index contributed by atoms with van der Waals surface area (Å²) in [5, 5.41) is 13.7. The van der Waals surface area contributed by atoms with Gasteiger partial charge >= 0.3 is 0 Å². The van der Waals surface area contributed by atoms with Gasteiger partial charge in [0.1, 0.15) is 11.6 Å². The fraction of sp³-hybridized carbons (Fsp3) is 0.143. The quantitative estimate of drug-likeness (QED) is 0.561. The maximum atomic E-state index is 9.31. The minimum atomic E-state index is 0.580. The zero-order valence-electron chi connectivity index (χ0n) is 15.0. The number of nitrogens with one attached hydrogen (secondary N) is 1. The number of nitrogens with zero attached hydrogens (tertiary/aromatic N) is 4. The van der Waals surface area contributed by atoms with Crippen LogP contribution in [0.3, 0.4) is 0 Å². The molecule has 5 heteroatoms. The Morgan fingerprint density at radius 3 is 2.50 bits per heavy atom. The molecule has 0 saturated heterocycles. The van der Waals surface area contributed by atoms with Crippen LogP contribution in [0.5, 0.6) is 0 Å². The second kappa shape index (κ2) is 7.58. The molecule has 0 atom stereocenters. The molecule has 3 rings (SSSR count). The van der Waals surface area contributed by atoms with Crippen LogP contribution >= 0.6 is 0 Å². The van der Waals surface area contributed by atoms with Gasteiger partial charge in [0.05, 0.1) is 23.0 Å². The molecule has 1 N–H and O–H groups in total. The van der Waals surface area contributed by atoms with Gasteiger partial charge in [0.2, 0.25) is 0 Å². The fourth-order valence-electron chi connectivity index (χ4n) is 2.57. The molecule has 0 fully saturated rings. The predicted molar refractivity (Wildman–Crippen MR) is 104 cm³/mol.